The van der Waals surface area contributed by atoms with Crippen molar-refractivity contribution < 1.29 is 4.79 Å². The lowest BCUT2D eigenvalue weighted by molar-refractivity contribution is -0.131. The summed E-state index contributed by atoms with van der Waals surface area (Å²) in [7, 11) is 0. The topological polar surface area (TPSA) is 41.1 Å². The molecule has 0 bridgehead atoms. The molecule has 1 fully saturated rings. The lowest BCUT2D eigenvalue weighted by Gasteiger charge is -2.29. The van der Waals surface area contributed by atoms with E-state index < -0.39 is 0 Å². The smallest absolute Gasteiger partial charge is 0.227 e. The number of hydrogen-bond acceptors (Lipinski definition) is 2. The molecule has 0 aromatic heterocycles. The van der Waals surface area contributed by atoms with Crippen LogP contribution in [0.4, 0.5) is 0 Å². The van der Waals surface area contributed by atoms with Crippen LogP contribution < -0.4 is 10.6 Å². The summed E-state index contributed by atoms with van der Waals surface area (Å²) in [5, 5.41) is 6.71. The van der Waals surface area contributed by atoms with E-state index in [-0.39, 0.29) is 5.41 Å². The molecule has 19 heavy (non-hydrogen) atoms. The minimum Gasteiger partial charge on any atom is -0.353 e. The number of hydrogen-bond donors (Lipinski definition) is 2. The molecule has 1 aliphatic rings. The minimum atomic E-state index is -0.132. The van der Waals surface area contributed by atoms with Crippen molar-refractivity contribution in [3.8, 4) is 0 Å². The first-order valence-electron chi connectivity index (χ1n) is 8.20. The molecule has 0 spiro atoms. The van der Waals surface area contributed by atoms with E-state index in [9.17, 15) is 4.79 Å². The maximum Gasteiger partial charge on any atom is 0.227 e. The van der Waals surface area contributed by atoms with Crippen LogP contribution in [0.15, 0.2) is 0 Å². The Kier molecular flexibility index (Phi) is 7.44. The molecule has 0 aromatic carbocycles. The lowest BCUT2D eigenvalue weighted by Crippen LogP contribution is -2.46. The summed E-state index contributed by atoms with van der Waals surface area (Å²) in [5.41, 5.74) is -0.132. The van der Waals surface area contributed by atoms with Gasteiger partial charge < -0.3 is 10.6 Å². The normalized spacial score (nSPS) is 24.4. The van der Waals surface area contributed by atoms with Crippen molar-refractivity contribution in [2.24, 2.45) is 5.41 Å². The highest BCUT2D eigenvalue weighted by molar-refractivity contribution is 5.83. The van der Waals surface area contributed by atoms with Crippen LogP contribution in [0.3, 0.4) is 0 Å². The number of carbonyl (C=O) groups excluding carboxylic acids is 1. The SMILES string of the molecule is CCCCC(CCC)NC(=O)C1(CCC)CCNC1. The van der Waals surface area contributed by atoms with E-state index >= 15 is 0 Å². The van der Waals surface area contributed by atoms with E-state index in [1.54, 1.807) is 0 Å². The first kappa shape index (κ1) is 16.5. The fraction of sp³-hybridized carbons (Fsp3) is 0.938. The zero-order valence-corrected chi connectivity index (χ0v) is 13.1. The van der Waals surface area contributed by atoms with Crippen LogP contribution in [-0.4, -0.2) is 25.0 Å². The van der Waals surface area contributed by atoms with Gasteiger partial charge in [0, 0.05) is 12.6 Å². The molecule has 0 aliphatic carbocycles. The Hall–Kier alpha value is -0.570. The van der Waals surface area contributed by atoms with Gasteiger partial charge in [0.1, 0.15) is 0 Å². The Labute approximate surface area is 118 Å². The van der Waals surface area contributed by atoms with Gasteiger partial charge in [-0.2, -0.15) is 0 Å². The Morgan fingerprint density at radius 1 is 1.21 bits per heavy atom. The average molecular weight is 268 g/mol. The van der Waals surface area contributed by atoms with Crippen molar-refractivity contribution in [3.05, 3.63) is 0 Å². The quantitative estimate of drug-likeness (QED) is 0.674. The molecule has 3 heteroatoms. The standard InChI is InChI=1S/C16H32N2O/c1-4-7-9-14(8-5-2)18-15(19)16(10-6-3)11-12-17-13-16/h14,17H,4-13H2,1-3H3,(H,18,19). The molecule has 0 aromatic rings. The van der Waals surface area contributed by atoms with E-state index in [1.807, 2.05) is 0 Å². The van der Waals surface area contributed by atoms with Crippen LogP contribution in [0, 0.1) is 5.41 Å². The van der Waals surface area contributed by atoms with Crippen LogP contribution in [0.25, 0.3) is 0 Å². The Morgan fingerprint density at radius 2 is 2.00 bits per heavy atom. The molecule has 0 radical (unpaired) electrons. The third kappa shape index (κ3) is 4.79. The first-order chi connectivity index (χ1) is 9.18. The van der Waals surface area contributed by atoms with Crippen LogP contribution >= 0.6 is 0 Å². The Bertz CT molecular complexity index is 259. The van der Waals surface area contributed by atoms with Gasteiger partial charge in [-0.25, -0.2) is 0 Å². The molecule has 112 valence electrons. The van der Waals surface area contributed by atoms with Crippen molar-refractivity contribution >= 4 is 5.91 Å². The van der Waals surface area contributed by atoms with Gasteiger partial charge >= 0.3 is 0 Å². The van der Waals surface area contributed by atoms with Gasteiger partial charge in [0.25, 0.3) is 0 Å². The monoisotopic (exact) mass is 268 g/mol. The molecular formula is C16H32N2O. The zero-order chi connectivity index (χ0) is 14.1. The van der Waals surface area contributed by atoms with E-state index in [0.29, 0.717) is 11.9 Å². The van der Waals surface area contributed by atoms with Gasteiger partial charge in [0.05, 0.1) is 5.41 Å². The minimum absolute atomic E-state index is 0.132. The Morgan fingerprint density at radius 3 is 2.53 bits per heavy atom. The van der Waals surface area contributed by atoms with Gasteiger partial charge in [0.15, 0.2) is 0 Å². The molecule has 1 rings (SSSR count). The molecule has 2 unspecified atom stereocenters. The molecule has 2 atom stereocenters. The average Bonchev–Trinajstić information content (AvgIpc) is 2.86. The third-order valence-electron chi connectivity index (χ3n) is 4.33. The molecule has 1 aliphatic heterocycles. The predicted octanol–water partition coefficient (Wildman–Crippen LogP) is 3.24. The van der Waals surface area contributed by atoms with Crippen molar-refractivity contribution in [2.45, 2.75) is 78.2 Å². The summed E-state index contributed by atoms with van der Waals surface area (Å²) in [6, 6.07) is 0.381. The summed E-state index contributed by atoms with van der Waals surface area (Å²) in [4.78, 5) is 12.7. The second kappa shape index (κ2) is 8.57. The maximum atomic E-state index is 12.7. The summed E-state index contributed by atoms with van der Waals surface area (Å²) in [5.74, 6) is 0.300. The van der Waals surface area contributed by atoms with Crippen molar-refractivity contribution in [1.82, 2.24) is 10.6 Å². The lowest BCUT2D eigenvalue weighted by atomic mass is 9.81. The van der Waals surface area contributed by atoms with Crippen LogP contribution in [0.5, 0.6) is 0 Å². The number of unbranched alkanes of at least 4 members (excludes halogenated alkanes) is 1. The van der Waals surface area contributed by atoms with Crippen LogP contribution in [0.2, 0.25) is 0 Å². The van der Waals surface area contributed by atoms with Crippen LogP contribution in [-0.2, 0) is 4.79 Å². The van der Waals surface area contributed by atoms with Crippen molar-refractivity contribution in [3.63, 3.8) is 0 Å². The summed E-state index contributed by atoms with van der Waals surface area (Å²) in [6.07, 6.45) is 8.91. The van der Waals surface area contributed by atoms with Gasteiger partial charge in [-0.1, -0.05) is 46.5 Å². The van der Waals surface area contributed by atoms with E-state index in [1.165, 1.54) is 12.8 Å². The molecule has 1 amide bonds. The van der Waals surface area contributed by atoms with Crippen molar-refractivity contribution in [2.75, 3.05) is 13.1 Å². The van der Waals surface area contributed by atoms with Crippen molar-refractivity contribution in [1.29, 1.82) is 0 Å². The molecule has 3 nitrogen and oxygen atoms in total. The molecule has 1 heterocycles. The van der Waals surface area contributed by atoms with Gasteiger partial charge in [-0.05, 0) is 32.2 Å². The van der Waals surface area contributed by atoms with Crippen LogP contribution in [0.1, 0.15) is 72.1 Å². The molecule has 0 saturated carbocycles. The fourth-order valence-electron chi connectivity index (χ4n) is 3.17. The number of carbonyl (C=O) groups is 1. The second-order valence-electron chi connectivity index (χ2n) is 6.06. The van der Waals surface area contributed by atoms with Gasteiger partial charge in [0.2, 0.25) is 5.91 Å². The fourth-order valence-corrected chi connectivity index (χ4v) is 3.17. The number of nitrogens with one attached hydrogen (secondary N) is 2. The largest absolute Gasteiger partial charge is 0.353 e. The number of amides is 1. The second-order valence-corrected chi connectivity index (χ2v) is 6.06. The highest BCUT2D eigenvalue weighted by Crippen LogP contribution is 2.31. The summed E-state index contributed by atoms with van der Waals surface area (Å²) in [6.45, 7) is 8.43. The maximum absolute atomic E-state index is 12.7. The van der Waals surface area contributed by atoms with E-state index in [4.69, 9.17) is 0 Å². The van der Waals surface area contributed by atoms with Gasteiger partial charge in [-0.3, -0.25) is 4.79 Å². The molecular weight excluding hydrogens is 236 g/mol. The Balaban J connectivity index is 2.57. The third-order valence-corrected chi connectivity index (χ3v) is 4.33. The molecule has 1 saturated heterocycles. The summed E-state index contributed by atoms with van der Waals surface area (Å²) < 4.78 is 0. The van der Waals surface area contributed by atoms with E-state index in [0.717, 1.165) is 51.6 Å². The predicted molar refractivity (Wildman–Crippen MR) is 81.2 cm³/mol. The zero-order valence-electron chi connectivity index (χ0n) is 13.1. The number of rotatable bonds is 9. The first-order valence-corrected chi connectivity index (χ1v) is 8.20. The molecule has 2 N–H and O–H groups in total. The highest BCUT2D eigenvalue weighted by Gasteiger charge is 2.40. The van der Waals surface area contributed by atoms with E-state index in [2.05, 4.69) is 31.4 Å². The highest BCUT2D eigenvalue weighted by atomic mass is 16.2. The van der Waals surface area contributed by atoms with Gasteiger partial charge in [-0.15, -0.1) is 0 Å². The summed E-state index contributed by atoms with van der Waals surface area (Å²) >= 11 is 0.